The molecule has 4 heterocycles. The Morgan fingerprint density at radius 3 is 2.72 bits per heavy atom. The summed E-state index contributed by atoms with van der Waals surface area (Å²) in [5, 5.41) is 6.85. The third-order valence-corrected chi connectivity index (χ3v) is 6.99. The van der Waals surface area contributed by atoms with Crippen molar-refractivity contribution < 1.29 is 0 Å². The molecular weight excluding hydrogens is 416 g/mol. The Hall–Kier alpha value is -3.32. The number of nitrogens with two attached hydrogens (primary N) is 1. The molecular formula is C25H28N6S. The third-order valence-electron chi connectivity index (χ3n) is 5.91. The van der Waals surface area contributed by atoms with E-state index < -0.39 is 0 Å². The highest BCUT2D eigenvalue weighted by Gasteiger charge is 2.22. The maximum atomic E-state index is 5.68. The molecule has 2 aromatic rings. The van der Waals surface area contributed by atoms with Gasteiger partial charge in [0.15, 0.2) is 5.82 Å². The normalized spacial score (nSPS) is 18.8. The number of allylic oxidation sites excluding steroid dienone is 9. The predicted octanol–water partition coefficient (Wildman–Crippen LogP) is 5.84. The standard InChI is InChI=1S/C25H28N6S/c26-25-27-24(28-29-25)22-15-14-20(32-22)18-30-16-8-3-6-13-23(30)31-17-9-7-11-19-10-4-1-2-5-12-21(19)31/h3,6-9,11,13-17H,1-2,4-5,10,12,18H2,(H3,26,27,28,29). The van der Waals surface area contributed by atoms with Crippen molar-refractivity contribution >= 4 is 17.3 Å². The molecule has 0 radical (unpaired) electrons. The smallest absolute Gasteiger partial charge is 0.239 e. The average Bonchev–Trinajstić information content (AvgIpc) is 3.29. The molecule has 3 N–H and O–H groups in total. The Morgan fingerprint density at radius 2 is 1.84 bits per heavy atom. The fourth-order valence-electron chi connectivity index (χ4n) is 4.36. The first-order valence-corrected chi connectivity index (χ1v) is 12.0. The van der Waals surface area contributed by atoms with Crippen LogP contribution in [0.25, 0.3) is 10.7 Å². The monoisotopic (exact) mass is 444 g/mol. The molecule has 6 nitrogen and oxygen atoms in total. The molecule has 0 aromatic carbocycles. The van der Waals surface area contributed by atoms with Gasteiger partial charge in [-0.2, -0.15) is 4.98 Å². The van der Waals surface area contributed by atoms with Gasteiger partial charge in [-0.15, -0.1) is 16.4 Å². The number of nitrogens with zero attached hydrogens (tertiary/aromatic N) is 4. The Labute approximate surface area is 192 Å². The van der Waals surface area contributed by atoms with E-state index in [0.717, 1.165) is 24.3 Å². The van der Waals surface area contributed by atoms with Gasteiger partial charge in [-0.05, 0) is 61.6 Å². The van der Waals surface area contributed by atoms with Crippen molar-refractivity contribution in [3.8, 4) is 10.7 Å². The molecule has 0 saturated heterocycles. The maximum absolute atomic E-state index is 5.68. The first-order valence-electron chi connectivity index (χ1n) is 11.2. The molecule has 0 bridgehead atoms. The van der Waals surface area contributed by atoms with Gasteiger partial charge < -0.3 is 15.5 Å². The first kappa shape index (κ1) is 20.6. The summed E-state index contributed by atoms with van der Waals surface area (Å²) in [6.45, 7) is 0.776. The van der Waals surface area contributed by atoms with Gasteiger partial charge in [-0.3, -0.25) is 5.10 Å². The van der Waals surface area contributed by atoms with Crippen LogP contribution < -0.4 is 5.73 Å². The SMILES string of the molecule is Nc1n[nH]c(-c2ccc(CN3C=CC=CC=C3N3C=CC=CC4=C3CCCCCC4)s2)n1. The van der Waals surface area contributed by atoms with Gasteiger partial charge in [0.05, 0.1) is 11.4 Å². The number of hydrogen-bond acceptors (Lipinski definition) is 6. The lowest BCUT2D eigenvalue weighted by molar-refractivity contribution is 0.337. The van der Waals surface area contributed by atoms with E-state index in [4.69, 9.17) is 5.73 Å². The second-order valence-electron chi connectivity index (χ2n) is 8.14. The van der Waals surface area contributed by atoms with Crippen molar-refractivity contribution in [2.45, 2.75) is 45.1 Å². The lowest BCUT2D eigenvalue weighted by Crippen LogP contribution is -2.29. The van der Waals surface area contributed by atoms with Crippen molar-refractivity contribution in [3.63, 3.8) is 0 Å². The zero-order valence-corrected chi connectivity index (χ0v) is 18.9. The number of nitrogen functional groups attached to an aromatic ring is 1. The van der Waals surface area contributed by atoms with Crippen LogP contribution in [-0.4, -0.2) is 25.0 Å². The predicted molar refractivity (Wildman–Crippen MR) is 131 cm³/mol. The zero-order chi connectivity index (χ0) is 21.8. The van der Waals surface area contributed by atoms with E-state index in [-0.39, 0.29) is 5.95 Å². The number of hydrogen-bond donors (Lipinski definition) is 2. The lowest BCUT2D eigenvalue weighted by Gasteiger charge is -2.34. The average molecular weight is 445 g/mol. The second-order valence-corrected chi connectivity index (χ2v) is 9.31. The van der Waals surface area contributed by atoms with Crippen molar-refractivity contribution in [1.29, 1.82) is 0 Å². The summed E-state index contributed by atoms with van der Waals surface area (Å²) in [7, 11) is 0. The number of rotatable bonds is 4. The van der Waals surface area contributed by atoms with Crippen LogP contribution in [0.15, 0.2) is 84.2 Å². The first-order chi connectivity index (χ1) is 15.8. The van der Waals surface area contributed by atoms with Gasteiger partial charge in [0.25, 0.3) is 0 Å². The summed E-state index contributed by atoms with van der Waals surface area (Å²) in [5.74, 6) is 2.15. The molecule has 0 atom stereocenters. The van der Waals surface area contributed by atoms with Crippen LogP contribution in [0.1, 0.15) is 43.4 Å². The Morgan fingerprint density at radius 1 is 0.969 bits per heavy atom. The number of H-pyrrole nitrogens is 1. The second kappa shape index (κ2) is 9.44. The third kappa shape index (κ3) is 4.48. The van der Waals surface area contributed by atoms with Crippen LogP contribution in [0.4, 0.5) is 5.95 Å². The van der Waals surface area contributed by atoms with E-state index in [0.29, 0.717) is 5.82 Å². The minimum Gasteiger partial charge on any atom is -0.366 e. The van der Waals surface area contributed by atoms with Crippen LogP contribution in [0.2, 0.25) is 0 Å². The largest absolute Gasteiger partial charge is 0.366 e. The molecule has 164 valence electrons. The molecule has 5 rings (SSSR count). The highest BCUT2D eigenvalue weighted by atomic mass is 32.1. The Kier molecular flexibility index (Phi) is 6.07. The summed E-state index contributed by atoms with van der Waals surface area (Å²) in [5.41, 5.74) is 8.57. The summed E-state index contributed by atoms with van der Waals surface area (Å²) in [4.78, 5) is 11.3. The molecule has 1 aliphatic carbocycles. The molecule has 0 spiro atoms. The van der Waals surface area contributed by atoms with Crippen LogP contribution >= 0.6 is 11.3 Å². The summed E-state index contributed by atoms with van der Waals surface area (Å²) in [6.07, 6.45) is 26.9. The number of aromatic nitrogens is 3. The van der Waals surface area contributed by atoms with Gasteiger partial charge in [0.2, 0.25) is 5.95 Å². The molecule has 32 heavy (non-hydrogen) atoms. The number of thiophene rings is 1. The molecule has 0 unspecified atom stereocenters. The van der Waals surface area contributed by atoms with E-state index in [9.17, 15) is 0 Å². The number of aromatic amines is 1. The van der Waals surface area contributed by atoms with E-state index in [1.165, 1.54) is 47.7 Å². The lowest BCUT2D eigenvalue weighted by atomic mass is 9.96. The molecule has 7 heteroatoms. The van der Waals surface area contributed by atoms with Crippen molar-refractivity contribution in [2.75, 3.05) is 5.73 Å². The maximum Gasteiger partial charge on any atom is 0.239 e. The van der Waals surface area contributed by atoms with Crippen molar-refractivity contribution in [3.05, 3.63) is 89.0 Å². The van der Waals surface area contributed by atoms with Gasteiger partial charge in [0, 0.05) is 23.0 Å². The topological polar surface area (TPSA) is 74.1 Å². The number of nitrogens with one attached hydrogen (secondary N) is 1. The fraction of sp³-hybridized carbons (Fsp3) is 0.280. The molecule has 0 fully saturated rings. The molecule has 2 aromatic heterocycles. The fourth-order valence-corrected chi connectivity index (χ4v) is 5.31. The van der Waals surface area contributed by atoms with Gasteiger partial charge >= 0.3 is 0 Å². The number of anilines is 1. The van der Waals surface area contributed by atoms with E-state index in [1.807, 2.05) is 0 Å². The van der Waals surface area contributed by atoms with Crippen molar-refractivity contribution in [1.82, 2.24) is 25.0 Å². The Balaban J connectivity index is 1.44. The van der Waals surface area contributed by atoms with Gasteiger partial charge in [-0.25, -0.2) is 0 Å². The summed E-state index contributed by atoms with van der Waals surface area (Å²) < 4.78 is 0. The van der Waals surface area contributed by atoms with Crippen molar-refractivity contribution in [2.24, 2.45) is 0 Å². The highest BCUT2D eigenvalue weighted by molar-refractivity contribution is 7.15. The van der Waals surface area contributed by atoms with Crippen LogP contribution in [-0.2, 0) is 6.54 Å². The van der Waals surface area contributed by atoms with Crippen LogP contribution in [0, 0.1) is 0 Å². The molecule has 3 aliphatic rings. The van der Waals surface area contributed by atoms with Crippen LogP contribution in [0.5, 0.6) is 0 Å². The molecule has 0 saturated carbocycles. The molecule has 0 amide bonds. The Bertz CT molecular complexity index is 1140. The van der Waals surface area contributed by atoms with Gasteiger partial charge in [-0.1, -0.05) is 37.1 Å². The van der Waals surface area contributed by atoms with Gasteiger partial charge in [0.1, 0.15) is 5.82 Å². The minimum atomic E-state index is 0.270. The van der Waals surface area contributed by atoms with E-state index in [1.54, 1.807) is 11.3 Å². The van der Waals surface area contributed by atoms with Crippen LogP contribution in [0.3, 0.4) is 0 Å². The van der Waals surface area contributed by atoms with E-state index >= 15 is 0 Å². The highest BCUT2D eigenvalue weighted by Crippen LogP contribution is 2.34. The summed E-state index contributed by atoms with van der Waals surface area (Å²) >= 11 is 1.71. The minimum absolute atomic E-state index is 0.270. The zero-order valence-electron chi connectivity index (χ0n) is 18.1. The molecule has 2 aliphatic heterocycles. The summed E-state index contributed by atoms with van der Waals surface area (Å²) in [6, 6.07) is 4.23. The van der Waals surface area contributed by atoms with E-state index in [2.05, 4.69) is 92.0 Å². The quantitative estimate of drug-likeness (QED) is 0.620.